The first-order valence-corrected chi connectivity index (χ1v) is 23.0. The van der Waals surface area contributed by atoms with Gasteiger partial charge in [-0.3, -0.25) is 0 Å². The van der Waals surface area contributed by atoms with E-state index in [1.807, 2.05) is 6.08 Å². The molecule has 0 N–H and O–H groups in total. The van der Waals surface area contributed by atoms with Crippen molar-refractivity contribution in [3.05, 3.63) is 223 Å². The van der Waals surface area contributed by atoms with Gasteiger partial charge in [0.15, 0.2) is 0 Å². The van der Waals surface area contributed by atoms with Gasteiger partial charge in [-0.1, -0.05) is 143 Å². The zero-order valence-corrected chi connectivity index (χ0v) is 37.3. The number of fused-ring (bicyclic) bond motifs is 11. The van der Waals surface area contributed by atoms with E-state index < -0.39 is 0 Å². The highest BCUT2D eigenvalue weighted by Gasteiger charge is 2.29. The summed E-state index contributed by atoms with van der Waals surface area (Å²) in [6.07, 6.45) is 7.09. The molecule has 0 aliphatic carbocycles. The minimum Gasteiger partial charge on any atom is -0.312 e. The molecule has 0 unspecified atom stereocenters. The van der Waals surface area contributed by atoms with Crippen LogP contribution >= 0.6 is 0 Å². The summed E-state index contributed by atoms with van der Waals surface area (Å²) in [5.41, 5.74) is 19.5. The number of rotatable bonds is 10. The van der Waals surface area contributed by atoms with Gasteiger partial charge in [0.25, 0.3) is 0 Å². The molecule has 0 saturated carbocycles. The van der Waals surface area contributed by atoms with Crippen molar-refractivity contribution in [2.75, 3.05) is 9.80 Å². The Labute approximate surface area is 380 Å². The lowest BCUT2D eigenvalue weighted by Gasteiger charge is -2.26. The van der Waals surface area contributed by atoms with Crippen LogP contribution in [0.1, 0.15) is 67.5 Å². The van der Waals surface area contributed by atoms with Gasteiger partial charge in [-0.15, -0.1) is 0 Å². The summed E-state index contributed by atoms with van der Waals surface area (Å²) in [7, 11) is 0. The van der Waals surface area contributed by atoms with Gasteiger partial charge >= 0.3 is 0 Å². The predicted octanol–water partition coefficient (Wildman–Crippen LogP) is 17.1. The molecule has 4 heteroatoms. The Bertz CT molecular complexity index is 3630. The Morgan fingerprint density at radius 3 is 1.60 bits per heavy atom. The molecular weight excluding hydrogens is 789 g/mol. The maximum Gasteiger partial charge on any atom is 0.0620 e. The molecule has 0 bridgehead atoms. The molecule has 0 saturated heterocycles. The third kappa shape index (κ3) is 6.12. The molecule has 0 fully saturated rings. The lowest BCUT2D eigenvalue weighted by atomic mass is 10.0. The van der Waals surface area contributed by atoms with Gasteiger partial charge in [0.2, 0.25) is 0 Å². The number of para-hydroxylation sites is 3. The molecule has 0 atom stereocenters. The van der Waals surface area contributed by atoms with E-state index in [9.17, 15) is 0 Å². The minimum atomic E-state index is 0.466. The second-order valence-corrected chi connectivity index (χ2v) is 18.2. The quantitative estimate of drug-likeness (QED) is 0.128. The van der Waals surface area contributed by atoms with Gasteiger partial charge in [-0.05, 0) is 113 Å². The van der Waals surface area contributed by atoms with Crippen LogP contribution < -0.4 is 9.80 Å². The smallest absolute Gasteiger partial charge is 0.0620 e. The molecule has 3 aromatic heterocycles. The summed E-state index contributed by atoms with van der Waals surface area (Å²) < 4.78 is 5.07. The number of hydrogen-bond acceptors (Lipinski definition) is 2. The van der Waals surface area contributed by atoms with Crippen LogP contribution in [0.2, 0.25) is 0 Å². The van der Waals surface area contributed by atoms with E-state index in [1.54, 1.807) is 0 Å². The van der Waals surface area contributed by atoms with Crippen LogP contribution in [-0.2, 0) is 6.42 Å². The van der Waals surface area contributed by atoms with Crippen LogP contribution in [0, 0.1) is 0 Å². The van der Waals surface area contributed by atoms with Crippen molar-refractivity contribution < 1.29 is 0 Å². The average molecular weight is 839 g/mol. The number of aromatic nitrogens is 2. The fraction of sp³-hybridized carbons (Fsp3) is 0.115. The number of anilines is 6. The van der Waals surface area contributed by atoms with Gasteiger partial charge < -0.3 is 18.8 Å². The van der Waals surface area contributed by atoms with Crippen LogP contribution in [0.25, 0.3) is 60.8 Å². The molecule has 65 heavy (non-hydrogen) atoms. The predicted molar refractivity (Wildman–Crippen MR) is 278 cm³/mol. The van der Waals surface area contributed by atoms with Crippen molar-refractivity contribution in [2.24, 2.45) is 0 Å². The lowest BCUT2D eigenvalue weighted by molar-refractivity contribution is 0.866. The van der Waals surface area contributed by atoms with Gasteiger partial charge in [-0.25, -0.2) is 0 Å². The molecular formula is C61H50N4. The fourth-order valence-electron chi connectivity index (χ4n) is 10.6. The summed E-state index contributed by atoms with van der Waals surface area (Å²) in [5, 5.41) is 6.30. The standard InChI is InChI=1S/C61H50N4/c1-6-7-19-50-54-37-60-55(38-59(54)64-56-35-48(31-26-43(56)34-57(50)64)62(44-15-10-8-11-16-44)46-27-22-41(23-28-46)39(2)3)53-21-14-20-52-51-33-32-49(36-58(51)65(60)61(52)53)63(45-17-12-9-13-18-45)47-29-24-42(25-30-47)40(4)5/h6-33,35-40H,1,34H2,2-5H3/b19-7-. The van der Waals surface area contributed by atoms with Crippen molar-refractivity contribution in [3.63, 3.8) is 0 Å². The second kappa shape index (κ2) is 15.2. The van der Waals surface area contributed by atoms with Crippen LogP contribution in [0.15, 0.2) is 195 Å². The minimum absolute atomic E-state index is 0.466. The SMILES string of the molecule is C=C/C=C\c1c2n(c3cc4c5cccc6c7ccc(N(c8ccccc8)c8ccc(C(C)C)cc8)cc7n(c4cc13)c65)-c1cc(N(c3ccccc3)c3ccc(C(C)C)cc3)ccc1C2. The highest BCUT2D eigenvalue weighted by molar-refractivity contribution is 6.25. The Hall–Kier alpha value is -7.82. The molecule has 314 valence electrons. The molecule has 0 radical (unpaired) electrons. The van der Waals surface area contributed by atoms with Crippen LogP contribution in [0.5, 0.6) is 0 Å². The summed E-state index contributed by atoms with van der Waals surface area (Å²) in [6.45, 7) is 13.1. The summed E-state index contributed by atoms with van der Waals surface area (Å²) in [6, 6.07) is 65.4. The molecule has 11 aromatic rings. The van der Waals surface area contributed by atoms with Crippen LogP contribution in [-0.4, -0.2) is 8.97 Å². The van der Waals surface area contributed by atoms with E-state index in [4.69, 9.17) is 0 Å². The highest BCUT2D eigenvalue weighted by atomic mass is 15.2. The molecule has 1 aliphatic heterocycles. The molecule has 12 rings (SSSR count). The topological polar surface area (TPSA) is 15.8 Å². The number of benzene rings is 8. The Kier molecular flexibility index (Phi) is 9.06. The van der Waals surface area contributed by atoms with E-state index in [1.165, 1.54) is 82.6 Å². The maximum atomic E-state index is 4.09. The molecule has 0 amide bonds. The number of hydrogen-bond donors (Lipinski definition) is 0. The van der Waals surface area contributed by atoms with E-state index in [-0.39, 0.29) is 0 Å². The fourth-order valence-corrected chi connectivity index (χ4v) is 10.6. The summed E-state index contributed by atoms with van der Waals surface area (Å²) in [5.74, 6) is 0.934. The molecule has 1 aliphatic rings. The first-order valence-electron chi connectivity index (χ1n) is 23.0. The molecule has 4 heterocycles. The van der Waals surface area contributed by atoms with Crippen molar-refractivity contribution in [2.45, 2.75) is 46.0 Å². The van der Waals surface area contributed by atoms with Crippen molar-refractivity contribution in [3.8, 4) is 5.69 Å². The van der Waals surface area contributed by atoms with E-state index in [0.717, 1.165) is 40.5 Å². The third-order valence-electron chi connectivity index (χ3n) is 13.8. The first kappa shape index (κ1) is 38.8. The van der Waals surface area contributed by atoms with E-state index >= 15 is 0 Å². The zero-order chi connectivity index (χ0) is 43.9. The maximum absolute atomic E-state index is 4.09. The Morgan fingerprint density at radius 1 is 0.477 bits per heavy atom. The summed E-state index contributed by atoms with van der Waals surface area (Å²) in [4.78, 5) is 4.77. The Morgan fingerprint density at radius 2 is 1.00 bits per heavy atom. The van der Waals surface area contributed by atoms with Crippen molar-refractivity contribution in [1.82, 2.24) is 8.97 Å². The molecule has 4 nitrogen and oxygen atoms in total. The molecule has 8 aromatic carbocycles. The van der Waals surface area contributed by atoms with Gasteiger partial charge in [0.1, 0.15) is 0 Å². The van der Waals surface area contributed by atoms with Gasteiger partial charge in [0, 0.05) is 78.7 Å². The average Bonchev–Trinajstić information content (AvgIpc) is 4.06. The number of allylic oxidation sites excluding steroid dienone is 2. The molecule has 0 spiro atoms. The highest BCUT2D eigenvalue weighted by Crippen LogP contribution is 2.47. The second-order valence-electron chi connectivity index (χ2n) is 18.2. The third-order valence-corrected chi connectivity index (χ3v) is 13.8. The van der Waals surface area contributed by atoms with Gasteiger partial charge in [0.05, 0.1) is 27.8 Å². The van der Waals surface area contributed by atoms with Crippen LogP contribution in [0.4, 0.5) is 34.1 Å². The van der Waals surface area contributed by atoms with Crippen molar-refractivity contribution >= 4 is 89.2 Å². The monoisotopic (exact) mass is 838 g/mol. The first-order chi connectivity index (χ1) is 31.9. The lowest BCUT2D eigenvalue weighted by Crippen LogP contribution is -2.10. The van der Waals surface area contributed by atoms with E-state index in [2.05, 4.69) is 241 Å². The van der Waals surface area contributed by atoms with Crippen LogP contribution in [0.3, 0.4) is 0 Å². The normalized spacial score (nSPS) is 12.5. The zero-order valence-electron chi connectivity index (χ0n) is 37.3. The van der Waals surface area contributed by atoms with E-state index in [0.29, 0.717) is 11.8 Å². The number of nitrogens with zero attached hydrogens (tertiary/aromatic N) is 4. The summed E-state index contributed by atoms with van der Waals surface area (Å²) >= 11 is 0. The largest absolute Gasteiger partial charge is 0.312 e. The van der Waals surface area contributed by atoms with Gasteiger partial charge in [-0.2, -0.15) is 0 Å². The van der Waals surface area contributed by atoms with Crippen molar-refractivity contribution in [1.29, 1.82) is 0 Å². The Balaban J connectivity index is 1.07.